The van der Waals surface area contributed by atoms with Crippen molar-refractivity contribution in [3.05, 3.63) is 22.2 Å². The number of aliphatic imine (C=N–C) groups is 1. The molecule has 6 heteroatoms. The number of nitrogens with zero attached hydrogens (tertiary/aromatic N) is 1. The van der Waals surface area contributed by atoms with Crippen molar-refractivity contribution >= 4 is 21.9 Å². The summed E-state index contributed by atoms with van der Waals surface area (Å²) >= 11 is 3.50. The largest absolute Gasteiger partial charge is 0.493 e. The van der Waals surface area contributed by atoms with Crippen LogP contribution in [0.2, 0.25) is 0 Å². The number of hydrogen-bond acceptors (Lipinski definition) is 3. The first-order valence-electron chi connectivity index (χ1n) is 6.25. The number of nitrogens with one attached hydrogen (secondary N) is 1. The number of ether oxygens (including phenoxy) is 2. The van der Waals surface area contributed by atoms with Crippen molar-refractivity contribution in [1.82, 2.24) is 5.32 Å². The van der Waals surface area contributed by atoms with Crippen molar-refractivity contribution in [2.45, 2.75) is 32.9 Å². The molecule has 5 nitrogen and oxygen atoms in total. The molecule has 1 rings (SSSR count). The number of nitrogens with two attached hydrogens (primary N) is 1. The molecule has 0 bridgehead atoms. The standard InChI is InChI=1S/C14H22BrN3O2/c1-14(2,3)18-13(16)17-8-9-6-11(19-4)12(20-5)7-10(9)15/h6-7H,8H2,1-5H3,(H3,16,17,18). The summed E-state index contributed by atoms with van der Waals surface area (Å²) in [5.41, 5.74) is 6.72. The van der Waals surface area contributed by atoms with Gasteiger partial charge < -0.3 is 20.5 Å². The minimum Gasteiger partial charge on any atom is -0.493 e. The van der Waals surface area contributed by atoms with E-state index in [1.165, 1.54) is 0 Å². The van der Waals surface area contributed by atoms with Gasteiger partial charge in [0.15, 0.2) is 17.5 Å². The van der Waals surface area contributed by atoms with Gasteiger partial charge in [0.25, 0.3) is 0 Å². The van der Waals surface area contributed by atoms with Gasteiger partial charge in [-0.15, -0.1) is 0 Å². The van der Waals surface area contributed by atoms with Crippen LogP contribution in [0.25, 0.3) is 0 Å². The minimum atomic E-state index is -0.109. The van der Waals surface area contributed by atoms with Gasteiger partial charge in [0.05, 0.1) is 20.8 Å². The highest BCUT2D eigenvalue weighted by Gasteiger charge is 2.11. The molecule has 0 fully saturated rings. The molecule has 0 aliphatic carbocycles. The maximum Gasteiger partial charge on any atom is 0.189 e. The number of guanidine groups is 1. The average molecular weight is 344 g/mol. The lowest BCUT2D eigenvalue weighted by Gasteiger charge is -2.21. The fourth-order valence-corrected chi connectivity index (χ4v) is 2.06. The van der Waals surface area contributed by atoms with Gasteiger partial charge in [-0.3, -0.25) is 0 Å². The quantitative estimate of drug-likeness (QED) is 0.651. The van der Waals surface area contributed by atoms with Gasteiger partial charge in [-0.1, -0.05) is 15.9 Å². The molecule has 1 aromatic rings. The fourth-order valence-electron chi connectivity index (χ4n) is 1.61. The molecule has 20 heavy (non-hydrogen) atoms. The van der Waals surface area contributed by atoms with E-state index in [0.717, 1.165) is 10.0 Å². The van der Waals surface area contributed by atoms with Crippen molar-refractivity contribution < 1.29 is 9.47 Å². The van der Waals surface area contributed by atoms with Crippen LogP contribution < -0.4 is 20.5 Å². The zero-order chi connectivity index (χ0) is 15.3. The Labute approximate surface area is 128 Å². The van der Waals surface area contributed by atoms with E-state index in [-0.39, 0.29) is 5.54 Å². The first kappa shape index (κ1) is 16.6. The summed E-state index contributed by atoms with van der Waals surface area (Å²) in [7, 11) is 3.21. The predicted molar refractivity (Wildman–Crippen MR) is 85.5 cm³/mol. The fraction of sp³-hybridized carbons (Fsp3) is 0.500. The molecule has 0 saturated carbocycles. The first-order chi connectivity index (χ1) is 9.26. The summed E-state index contributed by atoms with van der Waals surface area (Å²) < 4.78 is 11.4. The summed E-state index contributed by atoms with van der Waals surface area (Å²) in [5.74, 6) is 1.76. The molecule has 0 aliphatic heterocycles. The Morgan fingerprint density at radius 3 is 2.30 bits per heavy atom. The number of hydrogen-bond donors (Lipinski definition) is 2. The van der Waals surface area contributed by atoms with Crippen LogP contribution in [0.1, 0.15) is 26.3 Å². The first-order valence-corrected chi connectivity index (χ1v) is 7.04. The van der Waals surface area contributed by atoms with E-state index in [1.807, 2.05) is 32.9 Å². The molecule has 0 saturated heterocycles. The van der Waals surface area contributed by atoms with Crippen LogP contribution in [0.5, 0.6) is 11.5 Å². The molecule has 112 valence electrons. The molecule has 0 unspecified atom stereocenters. The zero-order valence-corrected chi connectivity index (χ0v) is 14.2. The van der Waals surface area contributed by atoms with Gasteiger partial charge in [-0.05, 0) is 38.5 Å². The molecule has 0 amide bonds. The van der Waals surface area contributed by atoms with Gasteiger partial charge >= 0.3 is 0 Å². The molecule has 3 N–H and O–H groups in total. The normalized spacial score (nSPS) is 12.2. The van der Waals surface area contributed by atoms with E-state index in [0.29, 0.717) is 24.0 Å². The predicted octanol–water partition coefficient (Wildman–Crippen LogP) is 2.67. The van der Waals surface area contributed by atoms with E-state index < -0.39 is 0 Å². The third kappa shape index (κ3) is 4.92. The van der Waals surface area contributed by atoms with E-state index in [1.54, 1.807) is 14.2 Å². The van der Waals surface area contributed by atoms with Crippen molar-refractivity contribution in [3.63, 3.8) is 0 Å². The Morgan fingerprint density at radius 2 is 1.80 bits per heavy atom. The Hall–Kier alpha value is -1.43. The molecule has 0 radical (unpaired) electrons. The molecule has 1 aromatic carbocycles. The smallest absolute Gasteiger partial charge is 0.189 e. The van der Waals surface area contributed by atoms with Gasteiger partial charge in [0.1, 0.15) is 0 Å². The summed E-state index contributed by atoms with van der Waals surface area (Å²) in [6.07, 6.45) is 0. The monoisotopic (exact) mass is 343 g/mol. The topological polar surface area (TPSA) is 68.9 Å². The second kappa shape index (κ2) is 6.83. The maximum atomic E-state index is 5.85. The van der Waals surface area contributed by atoms with Gasteiger partial charge in [-0.2, -0.15) is 0 Å². The number of rotatable bonds is 4. The van der Waals surface area contributed by atoms with E-state index in [9.17, 15) is 0 Å². The van der Waals surface area contributed by atoms with Crippen molar-refractivity contribution in [2.24, 2.45) is 10.7 Å². The SMILES string of the molecule is COc1cc(Br)c(CN=C(N)NC(C)(C)C)cc1OC. The van der Waals surface area contributed by atoms with E-state index in [2.05, 4.69) is 26.2 Å². The van der Waals surface area contributed by atoms with Crippen molar-refractivity contribution in [2.75, 3.05) is 14.2 Å². The Kier molecular flexibility index (Phi) is 5.68. The molecule has 0 spiro atoms. The van der Waals surface area contributed by atoms with Crippen LogP contribution in [0.4, 0.5) is 0 Å². The van der Waals surface area contributed by atoms with Crippen LogP contribution in [0.15, 0.2) is 21.6 Å². The summed E-state index contributed by atoms with van der Waals surface area (Å²) in [6, 6.07) is 3.74. The third-order valence-electron chi connectivity index (χ3n) is 2.48. The molecular weight excluding hydrogens is 322 g/mol. The number of halogens is 1. The van der Waals surface area contributed by atoms with Crippen LogP contribution >= 0.6 is 15.9 Å². The summed E-state index contributed by atoms with van der Waals surface area (Å²) in [6.45, 7) is 6.54. The van der Waals surface area contributed by atoms with Crippen molar-refractivity contribution in [3.8, 4) is 11.5 Å². The summed E-state index contributed by atoms with van der Waals surface area (Å²) in [4.78, 5) is 4.33. The summed E-state index contributed by atoms with van der Waals surface area (Å²) in [5, 5.41) is 3.12. The van der Waals surface area contributed by atoms with Crippen LogP contribution in [-0.2, 0) is 6.54 Å². The highest BCUT2D eigenvalue weighted by Crippen LogP contribution is 2.33. The highest BCUT2D eigenvalue weighted by molar-refractivity contribution is 9.10. The van der Waals surface area contributed by atoms with Crippen LogP contribution in [-0.4, -0.2) is 25.7 Å². The minimum absolute atomic E-state index is 0.109. The number of methoxy groups -OCH3 is 2. The Balaban J connectivity index is 2.90. The Bertz CT molecular complexity index is 496. The van der Waals surface area contributed by atoms with E-state index in [4.69, 9.17) is 15.2 Å². The second-order valence-electron chi connectivity index (χ2n) is 5.38. The van der Waals surface area contributed by atoms with Crippen LogP contribution in [0.3, 0.4) is 0 Å². The van der Waals surface area contributed by atoms with E-state index >= 15 is 0 Å². The lowest BCUT2D eigenvalue weighted by atomic mass is 10.1. The number of benzene rings is 1. The second-order valence-corrected chi connectivity index (χ2v) is 6.23. The molecule has 0 atom stereocenters. The van der Waals surface area contributed by atoms with Gasteiger partial charge in [0, 0.05) is 10.0 Å². The molecular formula is C14H22BrN3O2. The van der Waals surface area contributed by atoms with Gasteiger partial charge in [0.2, 0.25) is 0 Å². The average Bonchev–Trinajstić information content (AvgIpc) is 2.34. The lowest BCUT2D eigenvalue weighted by Crippen LogP contribution is -2.44. The molecule has 0 aromatic heterocycles. The maximum absolute atomic E-state index is 5.85. The molecule has 0 heterocycles. The molecule has 0 aliphatic rings. The zero-order valence-electron chi connectivity index (χ0n) is 12.6. The highest BCUT2D eigenvalue weighted by atomic mass is 79.9. The van der Waals surface area contributed by atoms with Crippen molar-refractivity contribution in [1.29, 1.82) is 0 Å². The Morgan fingerprint density at radius 1 is 1.25 bits per heavy atom. The van der Waals surface area contributed by atoms with Gasteiger partial charge in [-0.25, -0.2) is 4.99 Å². The lowest BCUT2D eigenvalue weighted by molar-refractivity contribution is 0.354. The third-order valence-corrected chi connectivity index (χ3v) is 3.21. The van der Waals surface area contributed by atoms with Crippen LogP contribution in [0, 0.1) is 0 Å².